The van der Waals surface area contributed by atoms with Crippen LogP contribution in [0.15, 0.2) is 6.20 Å². The van der Waals surface area contributed by atoms with Crippen molar-refractivity contribution < 1.29 is 9.90 Å². The van der Waals surface area contributed by atoms with Crippen LogP contribution in [0.4, 0.5) is 0 Å². The molecule has 2 N–H and O–H groups in total. The molecule has 1 heterocycles. The monoisotopic (exact) mass is 296 g/mol. The maximum atomic E-state index is 11.9. The van der Waals surface area contributed by atoms with Crippen molar-refractivity contribution in [2.24, 2.45) is 5.92 Å². The average molecular weight is 296 g/mol. The van der Waals surface area contributed by atoms with Crippen LogP contribution >= 0.6 is 0 Å². The summed E-state index contributed by atoms with van der Waals surface area (Å²) in [4.78, 5) is 11.9. The third-order valence-corrected chi connectivity index (χ3v) is 3.31. The molecule has 1 aromatic heterocycles. The smallest absolute Gasteiger partial charge is 0.242 e. The predicted molar refractivity (Wildman–Crippen MR) is 81.7 cm³/mol. The number of amides is 1. The summed E-state index contributed by atoms with van der Waals surface area (Å²) in [5.41, 5.74) is 0.807. The summed E-state index contributed by atoms with van der Waals surface area (Å²) in [6, 6.07) is 0.189. The molecular formula is C15H28N4O2. The molecule has 21 heavy (non-hydrogen) atoms. The normalized spacial score (nSPS) is 12.6. The van der Waals surface area contributed by atoms with Gasteiger partial charge in [-0.25, -0.2) is 4.68 Å². The lowest BCUT2D eigenvalue weighted by Gasteiger charge is -2.14. The van der Waals surface area contributed by atoms with E-state index in [9.17, 15) is 4.79 Å². The van der Waals surface area contributed by atoms with Gasteiger partial charge >= 0.3 is 0 Å². The third kappa shape index (κ3) is 7.80. The topological polar surface area (TPSA) is 80.0 Å². The first kappa shape index (κ1) is 17.6. The predicted octanol–water partition coefficient (Wildman–Crippen LogP) is 1.53. The molecule has 0 fully saturated rings. The summed E-state index contributed by atoms with van der Waals surface area (Å²) in [6.07, 6.45) is 6.44. The van der Waals surface area contributed by atoms with Crippen molar-refractivity contribution in [2.45, 2.75) is 65.5 Å². The highest BCUT2D eigenvalue weighted by molar-refractivity contribution is 5.75. The van der Waals surface area contributed by atoms with Crippen molar-refractivity contribution in [2.75, 3.05) is 6.61 Å². The molecule has 1 atom stereocenters. The average Bonchev–Trinajstić information content (AvgIpc) is 2.83. The summed E-state index contributed by atoms with van der Waals surface area (Å²) in [5, 5.41) is 19.7. The Labute approximate surface area is 126 Å². The Bertz CT molecular complexity index is 418. The summed E-state index contributed by atoms with van der Waals surface area (Å²) in [7, 11) is 0. The zero-order valence-corrected chi connectivity index (χ0v) is 13.4. The number of aliphatic hydroxyl groups excluding tert-OH is 1. The first-order valence-electron chi connectivity index (χ1n) is 7.80. The standard InChI is InChI=1S/C15H28N4O2/c1-12(2)6-4-7-13(3)16-15(21)11-19-10-14(17-18-19)8-5-9-20/h10,12-13,20H,4-9,11H2,1-3H3,(H,16,21). The van der Waals surface area contributed by atoms with Gasteiger partial charge in [0.1, 0.15) is 6.54 Å². The van der Waals surface area contributed by atoms with Crippen molar-refractivity contribution in [1.82, 2.24) is 20.3 Å². The molecule has 0 saturated heterocycles. The van der Waals surface area contributed by atoms with Crippen LogP contribution in [0.1, 0.15) is 52.1 Å². The second kappa shape index (κ2) is 9.50. The van der Waals surface area contributed by atoms with Crippen molar-refractivity contribution in [3.63, 3.8) is 0 Å². The van der Waals surface area contributed by atoms with Gasteiger partial charge in [-0.2, -0.15) is 0 Å². The van der Waals surface area contributed by atoms with Crippen LogP contribution in [-0.4, -0.2) is 38.7 Å². The minimum absolute atomic E-state index is 0.0364. The van der Waals surface area contributed by atoms with Crippen molar-refractivity contribution in [3.8, 4) is 0 Å². The number of hydrogen-bond acceptors (Lipinski definition) is 4. The van der Waals surface area contributed by atoms with Gasteiger partial charge in [0, 0.05) is 18.8 Å². The molecule has 0 radical (unpaired) electrons. The number of nitrogens with zero attached hydrogens (tertiary/aromatic N) is 3. The van der Waals surface area contributed by atoms with Gasteiger partial charge in [-0.15, -0.1) is 5.10 Å². The van der Waals surface area contributed by atoms with E-state index in [0.717, 1.165) is 18.5 Å². The Morgan fingerprint density at radius 3 is 2.76 bits per heavy atom. The molecule has 1 rings (SSSR count). The maximum absolute atomic E-state index is 11.9. The number of aliphatic hydroxyl groups is 1. The van der Waals surface area contributed by atoms with E-state index in [-0.39, 0.29) is 25.1 Å². The number of carbonyl (C=O) groups excluding carboxylic acids is 1. The van der Waals surface area contributed by atoms with Crippen molar-refractivity contribution in [1.29, 1.82) is 0 Å². The van der Waals surface area contributed by atoms with Gasteiger partial charge in [0.15, 0.2) is 0 Å². The number of carbonyl (C=O) groups is 1. The first-order valence-corrected chi connectivity index (χ1v) is 7.80. The Morgan fingerprint density at radius 1 is 1.33 bits per heavy atom. The molecule has 0 aromatic carbocycles. The molecule has 6 nitrogen and oxygen atoms in total. The summed E-state index contributed by atoms with van der Waals surface area (Å²) < 4.78 is 1.54. The number of aryl methyl sites for hydroxylation is 1. The van der Waals surface area contributed by atoms with E-state index in [4.69, 9.17) is 5.11 Å². The van der Waals surface area contributed by atoms with Crippen LogP contribution in [0.3, 0.4) is 0 Å². The molecule has 0 aliphatic rings. The van der Waals surface area contributed by atoms with Crippen LogP contribution < -0.4 is 5.32 Å². The highest BCUT2D eigenvalue weighted by atomic mass is 16.2. The molecule has 0 aliphatic carbocycles. The van der Waals surface area contributed by atoms with E-state index in [1.165, 1.54) is 6.42 Å². The maximum Gasteiger partial charge on any atom is 0.242 e. The zero-order chi connectivity index (χ0) is 15.7. The molecular weight excluding hydrogens is 268 g/mol. The molecule has 0 aliphatic heterocycles. The van der Waals surface area contributed by atoms with E-state index in [1.54, 1.807) is 10.9 Å². The molecule has 0 bridgehead atoms. The number of aromatic nitrogens is 3. The Kier molecular flexibility index (Phi) is 7.97. The number of nitrogens with one attached hydrogen (secondary N) is 1. The van der Waals surface area contributed by atoms with Gasteiger partial charge in [0.05, 0.1) is 5.69 Å². The first-order chi connectivity index (χ1) is 10.0. The van der Waals surface area contributed by atoms with E-state index in [2.05, 4.69) is 29.5 Å². The fourth-order valence-electron chi connectivity index (χ4n) is 2.16. The Morgan fingerprint density at radius 2 is 2.10 bits per heavy atom. The molecule has 120 valence electrons. The highest BCUT2D eigenvalue weighted by Crippen LogP contribution is 2.08. The lowest BCUT2D eigenvalue weighted by Crippen LogP contribution is -2.35. The van der Waals surface area contributed by atoms with E-state index < -0.39 is 0 Å². The second-order valence-electron chi connectivity index (χ2n) is 6.03. The second-order valence-corrected chi connectivity index (χ2v) is 6.03. The fourth-order valence-corrected chi connectivity index (χ4v) is 2.16. The van der Waals surface area contributed by atoms with Gasteiger partial charge in [-0.3, -0.25) is 4.79 Å². The molecule has 1 unspecified atom stereocenters. The van der Waals surface area contributed by atoms with Crippen LogP contribution in [-0.2, 0) is 17.8 Å². The SMILES string of the molecule is CC(C)CCCC(C)NC(=O)Cn1cc(CCCO)nn1. The van der Waals surface area contributed by atoms with Gasteiger partial charge in [0.2, 0.25) is 5.91 Å². The van der Waals surface area contributed by atoms with E-state index in [1.807, 2.05) is 6.92 Å². The fraction of sp³-hybridized carbons (Fsp3) is 0.800. The van der Waals surface area contributed by atoms with Crippen LogP contribution in [0.2, 0.25) is 0 Å². The van der Waals surface area contributed by atoms with Crippen molar-refractivity contribution >= 4 is 5.91 Å². The zero-order valence-electron chi connectivity index (χ0n) is 13.4. The molecule has 0 saturated carbocycles. The van der Waals surface area contributed by atoms with Gasteiger partial charge < -0.3 is 10.4 Å². The Balaban J connectivity index is 2.27. The lowest BCUT2D eigenvalue weighted by molar-refractivity contribution is -0.122. The quantitative estimate of drug-likeness (QED) is 0.686. The highest BCUT2D eigenvalue weighted by Gasteiger charge is 2.09. The van der Waals surface area contributed by atoms with Crippen LogP contribution in [0, 0.1) is 5.92 Å². The minimum atomic E-state index is -0.0364. The van der Waals surface area contributed by atoms with Gasteiger partial charge in [0.25, 0.3) is 0 Å². The van der Waals surface area contributed by atoms with E-state index in [0.29, 0.717) is 18.8 Å². The van der Waals surface area contributed by atoms with Gasteiger partial charge in [-0.05, 0) is 32.1 Å². The largest absolute Gasteiger partial charge is 0.396 e. The molecule has 0 spiro atoms. The van der Waals surface area contributed by atoms with Crippen molar-refractivity contribution in [3.05, 3.63) is 11.9 Å². The lowest BCUT2D eigenvalue weighted by atomic mass is 10.0. The summed E-state index contributed by atoms with van der Waals surface area (Å²) >= 11 is 0. The number of hydrogen-bond donors (Lipinski definition) is 2. The van der Waals surface area contributed by atoms with Crippen LogP contribution in [0.25, 0.3) is 0 Å². The van der Waals surface area contributed by atoms with E-state index >= 15 is 0 Å². The summed E-state index contributed by atoms with van der Waals surface area (Å²) in [6.45, 7) is 6.79. The third-order valence-electron chi connectivity index (χ3n) is 3.31. The minimum Gasteiger partial charge on any atom is -0.396 e. The number of rotatable bonds is 10. The molecule has 1 aromatic rings. The van der Waals surface area contributed by atoms with Gasteiger partial charge in [-0.1, -0.05) is 31.9 Å². The summed E-state index contributed by atoms with van der Waals surface area (Å²) in [5.74, 6) is 0.672. The molecule has 1 amide bonds. The Hall–Kier alpha value is -1.43. The van der Waals surface area contributed by atoms with Crippen LogP contribution in [0.5, 0.6) is 0 Å². The molecule has 6 heteroatoms.